The van der Waals surface area contributed by atoms with Crippen molar-refractivity contribution < 1.29 is 9.47 Å². The minimum absolute atomic E-state index is 0.365. The molecule has 1 heterocycles. The fourth-order valence-electron chi connectivity index (χ4n) is 2.09. The Morgan fingerprint density at radius 3 is 2.15 bits per heavy atom. The smallest absolute Gasteiger partial charge is 0.162 e. The highest BCUT2D eigenvalue weighted by atomic mass is 35.5. The molecule has 0 aromatic heterocycles. The standard InChI is InChI=1S/C15H11Cl3O2/c16-10-3-1-9(2-4-10)15(18)11-7-13-14(8-12(11)17)20-6-5-19-13/h1-4,7-8,15H,5-6H2. The summed E-state index contributed by atoms with van der Waals surface area (Å²) < 4.78 is 11.1. The average molecular weight is 330 g/mol. The summed E-state index contributed by atoms with van der Waals surface area (Å²) in [6, 6.07) is 11.0. The van der Waals surface area contributed by atoms with Gasteiger partial charge in [-0.15, -0.1) is 11.6 Å². The summed E-state index contributed by atoms with van der Waals surface area (Å²) in [6.07, 6.45) is 0. The Kier molecular flexibility index (Phi) is 3.97. The van der Waals surface area contributed by atoms with Gasteiger partial charge in [-0.05, 0) is 29.3 Å². The van der Waals surface area contributed by atoms with Gasteiger partial charge < -0.3 is 9.47 Å². The van der Waals surface area contributed by atoms with Gasteiger partial charge in [0.25, 0.3) is 0 Å². The zero-order chi connectivity index (χ0) is 14.1. The summed E-state index contributed by atoms with van der Waals surface area (Å²) in [5.41, 5.74) is 1.72. The van der Waals surface area contributed by atoms with Crippen LogP contribution in [0.25, 0.3) is 0 Å². The van der Waals surface area contributed by atoms with Gasteiger partial charge in [-0.2, -0.15) is 0 Å². The maximum Gasteiger partial charge on any atom is 0.162 e. The fraction of sp³-hybridized carbons (Fsp3) is 0.200. The molecule has 1 unspecified atom stereocenters. The second kappa shape index (κ2) is 5.72. The van der Waals surface area contributed by atoms with Gasteiger partial charge in [0.1, 0.15) is 13.2 Å². The van der Waals surface area contributed by atoms with Crippen LogP contribution < -0.4 is 9.47 Å². The van der Waals surface area contributed by atoms with E-state index in [1.807, 2.05) is 18.2 Å². The van der Waals surface area contributed by atoms with Crippen molar-refractivity contribution in [2.45, 2.75) is 5.38 Å². The van der Waals surface area contributed by atoms with Crippen LogP contribution in [0.1, 0.15) is 16.5 Å². The molecular formula is C15H11Cl3O2. The highest BCUT2D eigenvalue weighted by Crippen LogP contribution is 2.41. The lowest BCUT2D eigenvalue weighted by Crippen LogP contribution is -2.15. The quantitative estimate of drug-likeness (QED) is 0.714. The number of hydrogen-bond donors (Lipinski definition) is 0. The van der Waals surface area contributed by atoms with Gasteiger partial charge in [0.2, 0.25) is 0 Å². The van der Waals surface area contributed by atoms with Gasteiger partial charge in [-0.3, -0.25) is 0 Å². The number of rotatable bonds is 2. The first-order chi connectivity index (χ1) is 9.65. The van der Waals surface area contributed by atoms with E-state index < -0.39 is 0 Å². The third-order valence-electron chi connectivity index (χ3n) is 3.10. The molecule has 0 radical (unpaired) electrons. The highest BCUT2D eigenvalue weighted by molar-refractivity contribution is 6.33. The van der Waals surface area contributed by atoms with Crippen molar-refractivity contribution in [1.82, 2.24) is 0 Å². The summed E-state index contributed by atoms with van der Waals surface area (Å²) in [4.78, 5) is 0. The van der Waals surface area contributed by atoms with E-state index in [4.69, 9.17) is 44.3 Å². The normalized spacial score (nSPS) is 14.9. The summed E-state index contributed by atoms with van der Waals surface area (Å²) in [5.74, 6) is 1.33. The van der Waals surface area contributed by atoms with Crippen LogP contribution in [0.2, 0.25) is 10.0 Å². The van der Waals surface area contributed by atoms with Gasteiger partial charge in [-0.1, -0.05) is 35.3 Å². The molecule has 0 N–H and O–H groups in total. The van der Waals surface area contributed by atoms with E-state index in [1.54, 1.807) is 18.2 Å². The predicted molar refractivity (Wildman–Crippen MR) is 81.6 cm³/mol. The topological polar surface area (TPSA) is 18.5 Å². The number of fused-ring (bicyclic) bond motifs is 1. The first kappa shape index (κ1) is 13.9. The monoisotopic (exact) mass is 328 g/mol. The van der Waals surface area contributed by atoms with Crippen molar-refractivity contribution in [3.8, 4) is 11.5 Å². The van der Waals surface area contributed by atoms with Crippen molar-refractivity contribution in [3.63, 3.8) is 0 Å². The van der Waals surface area contributed by atoms with Crippen LogP contribution in [0.15, 0.2) is 36.4 Å². The molecule has 5 heteroatoms. The molecule has 2 aromatic carbocycles. The molecule has 2 nitrogen and oxygen atoms in total. The van der Waals surface area contributed by atoms with Crippen molar-refractivity contribution in [2.24, 2.45) is 0 Å². The molecule has 0 saturated heterocycles. The molecule has 0 bridgehead atoms. The van der Waals surface area contributed by atoms with Gasteiger partial charge in [0.05, 0.1) is 5.38 Å². The summed E-state index contributed by atoms with van der Waals surface area (Å²) in [5, 5.41) is 0.866. The minimum Gasteiger partial charge on any atom is -0.486 e. The molecule has 0 saturated carbocycles. The van der Waals surface area contributed by atoms with Crippen molar-refractivity contribution >= 4 is 34.8 Å². The minimum atomic E-state index is -0.365. The Balaban J connectivity index is 1.98. The van der Waals surface area contributed by atoms with E-state index >= 15 is 0 Å². The molecule has 104 valence electrons. The fourth-order valence-corrected chi connectivity index (χ4v) is 2.86. The largest absolute Gasteiger partial charge is 0.486 e. The molecule has 0 aliphatic carbocycles. The van der Waals surface area contributed by atoms with Gasteiger partial charge in [0.15, 0.2) is 11.5 Å². The van der Waals surface area contributed by atoms with Crippen LogP contribution in [0.3, 0.4) is 0 Å². The summed E-state index contributed by atoms with van der Waals surface area (Å²) in [7, 11) is 0. The second-order valence-electron chi connectivity index (χ2n) is 4.43. The maximum absolute atomic E-state index is 6.51. The van der Waals surface area contributed by atoms with E-state index in [2.05, 4.69) is 0 Å². The van der Waals surface area contributed by atoms with Crippen molar-refractivity contribution in [3.05, 3.63) is 57.6 Å². The molecule has 0 spiro atoms. The van der Waals surface area contributed by atoms with Crippen LogP contribution in [-0.2, 0) is 0 Å². The molecular weight excluding hydrogens is 319 g/mol. The number of ether oxygens (including phenoxy) is 2. The molecule has 3 rings (SSSR count). The maximum atomic E-state index is 6.51. The van der Waals surface area contributed by atoms with Gasteiger partial charge >= 0.3 is 0 Å². The Labute approximate surface area is 132 Å². The Bertz CT molecular complexity index is 626. The van der Waals surface area contributed by atoms with E-state index in [-0.39, 0.29) is 5.38 Å². The Morgan fingerprint density at radius 2 is 1.50 bits per heavy atom. The number of benzene rings is 2. The number of halogens is 3. The predicted octanol–water partition coefficient (Wildman–Crippen LogP) is 5.09. The number of hydrogen-bond acceptors (Lipinski definition) is 2. The first-order valence-electron chi connectivity index (χ1n) is 6.14. The molecule has 1 aliphatic heterocycles. The molecule has 1 atom stereocenters. The Morgan fingerprint density at radius 1 is 0.900 bits per heavy atom. The summed E-state index contributed by atoms with van der Waals surface area (Å²) >= 11 is 18.7. The van der Waals surface area contributed by atoms with E-state index in [0.29, 0.717) is 34.8 Å². The third kappa shape index (κ3) is 2.69. The molecule has 1 aliphatic rings. The summed E-state index contributed by atoms with van der Waals surface area (Å²) in [6.45, 7) is 1.06. The molecule has 0 fully saturated rings. The van der Waals surface area contributed by atoms with E-state index in [0.717, 1.165) is 11.1 Å². The van der Waals surface area contributed by atoms with Crippen LogP contribution in [0.5, 0.6) is 11.5 Å². The lowest BCUT2D eigenvalue weighted by Gasteiger charge is -2.21. The number of alkyl halides is 1. The lowest BCUT2D eigenvalue weighted by atomic mass is 10.0. The van der Waals surface area contributed by atoms with Crippen LogP contribution >= 0.6 is 34.8 Å². The van der Waals surface area contributed by atoms with Crippen LogP contribution in [0, 0.1) is 0 Å². The van der Waals surface area contributed by atoms with Crippen LogP contribution in [-0.4, -0.2) is 13.2 Å². The van der Waals surface area contributed by atoms with Gasteiger partial charge in [0, 0.05) is 16.1 Å². The Hall–Kier alpha value is -1.09. The highest BCUT2D eigenvalue weighted by Gasteiger charge is 2.20. The molecule has 0 amide bonds. The van der Waals surface area contributed by atoms with E-state index in [1.165, 1.54) is 0 Å². The average Bonchev–Trinajstić information content (AvgIpc) is 2.46. The third-order valence-corrected chi connectivity index (χ3v) is 4.16. The van der Waals surface area contributed by atoms with Crippen molar-refractivity contribution in [2.75, 3.05) is 13.2 Å². The van der Waals surface area contributed by atoms with Gasteiger partial charge in [-0.25, -0.2) is 0 Å². The lowest BCUT2D eigenvalue weighted by molar-refractivity contribution is 0.171. The SMILES string of the molecule is Clc1ccc(C(Cl)c2cc3c(cc2Cl)OCCO3)cc1. The molecule has 20 heavy (non-hydrogen) atoms. The zero-order valence-corrected chi connectivity index (χ0v) is 12.7. The van der Waals surface area contributed by atoms with E-state index in [9.17, 15) is 0 Å². The first-order valence-corrected chi connectivity index (χ1v) is 7.33. The molecule has 2 aromatic rings. The van der Waals surface area contributed by atoms with Crippen LogP contribution in [0.4, 0.5) is 0 Å². The van der Waals surface area contributed by atoms with Crippen molar-refractivity contribution in [1.29, 1.82) is 0 Å². The zero-order valence-electron chi connectivity index (χ0n) is 10.4. The second-order valence-corrected chi connectivity index (χ2v) is 5.71.